The number of benzene rings is 1. The molecule has 2 aromatic rings. The van der Waals surface area contributed by atoms with Gasteiger partial charge in [-0.15, -0.1) is 0 Å². The molecule has 2 rings (SSSR count). The van der Waals surface area contributed by atoms with Gasteiger partial charge in [0.15, 0.2) is 0 Å². The summed E-state index contributed by atoms with van der Waals surface area (Å²) in [6.45, 7) is 9.26. The van der Waals surface area contributed by atoms with Crippen molar-refractivity contribution in [3.8, 4) is 6.07 Å². The molecule has 0 saturated carbocycles. The number of hydrogen-bond acceptors (Lipinski definition) is 3. The molecule has 1 N–H and O–H groups in total. The molecule has 0 aliphatic carbocycles. The average molecular weight is 387 g/mol. The average Bonchev–Trinajstić information content (AvgIpc) is 2.90. The highest BCUT2D eigenvalue weighted by atomic mass is 35.5. The first kappa shape index (κ1) is 21.0. The summed E-state index contributed by atoms with van der Waals surface area (Å²) in [7, 11) is 0. The highest BCUT2D eigenvalue weighted by Gasteiger charge is 2.22. The van der Waals surface area contributed by atoms with Crippen molar-refractivity contribution in [3.05, 3.63) is 51.8 Å². The smallest absolute Gasteiger partial charge is 0.220 e. The van der Waals surface area contributed by atoms with E-state index in [4.69, 9.17) is 16.9 Å². The molecule has 27 heavy (non-hydrogen) atoms. The lowest BCUT2D eigenvalue weighted by Crippen LogP contribution is -2.36. The van der Waals surface area contributed by atoms with Crippen LogP contribution in [0.1, 0.15) is 49.2 Å². The molecule has 5 nitrogen and oxygen atoms in total. The minimum Gasteiger partial charge on any atom is -0.355 e. The van der Waals surface area contributed by atoms with Gasteiger partial charge in [-0.3, -0.25) is 9.48 Å². The van der Waals surface area contributed by atoms with Gasteiger partial charge in [-0.1, -0.05) is 37.6 Å². The summed E-state index contributed by atoms with van der Waals surface area (Å²) in [4.78, 5) is 12.4. The molecule has 0 fully saturated rings. The first-order valence-corrected chi connectivity index (χ1v) is 9.55. The standard InChI is InChI=1S/C21H27ClN4O/c1-15-19(16(2)26(25-15)12-6-11-23)9-10-20(27)24-14-21(3,4)17-7-5-8-18(22)13-17/h5,7-8,13H,6,9-10,12,14H2,1-4H3,(H,24,27). The fourth-order valence-corrected chi connectivity index (χ4v) is 3.32. The topological polar surface area (TPSA) is 70.7 Å². The molecule has 0 spiro atoms. The second kappa shape index (κ2) is 9.05. The molecule has 0 saturated heterocycles. The third-order valence-electron chi connectivity index (χ3n) is 4.90. The lowest BCUT2D eigenvalue weighted by Gasteiger charge is -2.26. The number of rotatable bonds is 8. The van der Waals surface area contributed by atoms with Gasteiger partial charge in [-0.2, -0.15) is 10.4 Å². The van der Waals surface area contributed by atoms with Crippen LogP contribution in [0.25, 0.3) is 0 Å². The van der Waals surface area contributed by atoms with Crippen LogP contribution >= 0.6 is 11.6 Å². The van der Waals surface area contributed by atoms with Gasteiger partial charge in [0.2, 0.25) is 5.91 Å². The van der Waals surface area contributed by atoms with Gasteiger partial charge >= 0.3 is 0 Å². The van der Waals surface area contributed by atoms with E-state index in [0.717, 1.165) is 22.5 Å². The molecule has 144 valence electrons. The number of nitrogens with one attached hydrogen (secondary N) is 1. The first-order valence-electron chi connectivity index (χ1n) is 9.17. The van der Waals surface area contributed by atoms with E-state index in [9.17, 15) is 4.79 Å². The summed E-state index contributed by atoms with van der Waals surface area (Å²) >= 11 is 6.08. The number of nitriles is 1. The van der Waals surface area contributed by atoms with Crippen molar-refractivity contribution in [1.82, 2.24) is 15.1 Å². The number of aryl methyl sites for hydroxylation is 2. The lowest BCUT2D eigenvalue weighted by atomic mass is 9.84. The van der Waals surface area contributed by atoms with Crippen molar-refractivity contribution >= 4 is 17.5 Å². The Hall–Kier alpha value is -2.32. The summed E-state index contributed by atoms with van der Waals surface area (Å²) < 4.78 is 1.86. The molecule has 6 heteroatoms. The number of amides is 1. The highest BCUT2D eigenvalue weighted by molar-refractivity contribution is 6.30. The largest absolute Gasteiger partial charge is 0.355 e. The van der Waals surface area contributed by atoms with E-state index >= 15 is 0 Å². The van der Waals surface area contributed by atoms with Crippen LogP contribution in [0, 0.1) is 25.2 Å². The van der Waals surface area contributed by atoms with Crippen LogP contribution in [0.15, 0.2) is 24.3 Å². The molecule has 0 unspecified atom stereocenters. The second-order valence-corrected chi connectivity index (χ2v) is 7.89. The third-order valence-corrected chi connectivity index (χ3v) is 5.14. The van der Waals surface area contributed by atoms with Gasteiger partial charge in [0.1, 0.15) is 0 Å². The molecule has 1 aromatic carbocycles. The van der Waals surface area contributed by atoms with Crippen LogP contribution in [0.4, 0.5) is 0 Å². The maximum Gasteiger partial charge on any atom is 0.220 e. The Bertz CT molecular complexity index is 848. The summed E-state index contributed by atoms with van der Waals surface area (Å²) in [5, 5.41) is 17.0. The lowest BCUT2D eigenvalue weighted by molar-refractivity contribution is -0.121. The maximum absolute atomic E-state index is 12.4. The van der Waals surface area contributed by atoms with Crippen molar-refractivity contribution in [3.63, 3.8) is 0 Å². The van der Waals surface area contributed by atoms with Crippen LogP contribution in [-0.4, -0.2) is 22.2 Å². The number of carbonyl (C=O) groups is 1. The number of hydrogen-bond donors (Lipinski definition) is 1. The van der Waals surface area contributed by atoms with Crippen LogP contribution < -0.4 is 5.32 Å². The Morgan fingerprint density at radius 1 is 1.37 bits per heavy atom. The molecular weight excluding hydrogens is 360 g/mol. The van der Waals surface area contributed by atoms with E-state index in [1.807, 2.05) is 42.8 Å². The molecular formula is C21H27ClN4O. The fraction of sp³-hybridized carbons (Fsp3) is 0.476. The van der Waals surface area contributed by atoms with Crippen molar-refractivity contribution < 1.29 is 4.79 Å². The third kappa shape index (κ3) is 5.58. The van der Waals surface area contributed by atoms with Crippen molar-refractivity contribution in [2.45, 2.75) is 58.9 Å². The monoisotopic (exact) mass is 386 g/mol. The van der Waals surface area contributed by atoms with Crippen LogP contribution in [0.2, 0.25) is 5.02 Å². The SMILES string of the molecule is Cc1nn(CCC#N)c(C)c1CCC(=O)NCC(C)(C)c1cccc(Cl)c1. The summed E-state index contributed by atoms with van der Waals surface area (Å²) in [5.74, 6) is 0.0219. The number of aromatic nitrogens is 2. The van der Waals surface area contributed by atoms with Crippen molar-refractivity contribution in [1.29, 1.82) is 5.26 Å². The van der Waals surface area contributed by atoms with Crippen LogP contribution in [0.3, 0.4) is 0 Å². The van der Waals surface area contributed by atoms with Crippen LogP contribution in [0.5, 0.6) is 0 Å². The predicted molar refractivity (Wildman–Crippen MR) is 108 cm³/mol. The Morgan fingerprint density at radius 2 is 2.11 bits per heavy atom. The van der Waals surface area contributed by atoms with E-state index in [1.54, 1.807) is 0 Å². The molecule has 0 atom stereocenters. The zero-order valence-corrected chi connectivity index (χ0v) is 17.2. The fourth-order valence-electron chi connectivity index (χ4n) is 3.13. The van der Waals surface area contributed by atoms with Gasteiger partial charge in [0.05, 0.1) is 24.7 Å². The quantitative estimate of drug-likeness (QED) is 0.742. The van der Waals surface area contributed by atoms with E-state index in [-0.39, 0.29) is 11.3 Å². The summed E-state index contributed by atoms with van der Waals surface area (Å²) in [5.41, 5.74) is 3.96. The van der Waals surface area contributed by atoms with Gasteiger partial charge in [-0.05, 0) is 43.5 Å². The summed E-state index contributed by atoms with van der Waals surface area (Å²) in [6.07, 6.45) is 1.49. The van der Waals surface area contributed by atoms with Gasteiger partial charge in [0, 0.05) is 29.1 Å². The van der Waals surface area contributed by atoms with Gasteiger partial charge in [-0.25, -0.2) is 0 Å². The Labute approximate surface area is 166 Å². The normalized spacial score (nSPS) is 11.3. The molecule has 0 aliphatic rings. The van der Waals surface area contributed by atoms with Gasteiger partial charge in [0.25, 0.3) is 0 Å². The maximum atomic E-state index is 12.4. The van der Waals surface area contributed by atoms with Gasteiger partial charge < -0.3 is 5.32 Å². The molecule has 0 aliphatic heterocycles. The van der Waals surface area contributed by atoms with E-state index < -0.39 is 0 Å². The zero-order chi connectivity index (χ0) is 20.0. The predicted octanol–water partition coefficient (Wildman–Crippen LogP) is 4.09. The Morgan fingerprint density at radius 3 is 2.78 bits per heavy atom. The number of halogens is 1. The molecule has 1 heterocycles. The Kier molecular flexibility index (Phi) is 7.04. The van der Waals surface area contributed by atoms with Crippen LogP contribution in [-0.2, 0) is 23.2 Å². The zero-order valence-electron chi connectivity index (χ0n) is 16.5. The molecule has 0 radical (unpaired) electrons. The minimum atomic E-state index is -0.200. The van der Waals surface area contributed by atoms with E-state index in [0.29, 0.717) is 37.4 Å². The van der Waals surface area contributed by atoms with E-state index in [1.165, 1.54) is 0 Å². The molecule has 0 bridgehead atoms. The minimum absolute atomic E-state index is 0.0219. The van der Waals surface area contributed by atoms with Crippen molar-refractivity contribution in [2.24, 2.45) is 0 Å². The molecule has 1 amide bonds. The Balaban J connectivity index is 1.91. The second-order valence-electron chi connectivity index (χ2n) is 7.45. The number of nitrogens with zero attached hydrogens (tertiary/aromatic N) is 3. The van der Waals surface area contributed by atoms with Crippen molar-refractivity contribution in [2.75, 3.05) is 6.54 Å². The summed E-state index contributed by atoms with van der Waals surface area (Å²) in [6, 6.07) is 9.88. The van der Waals surface area contributed by atoms with E-state index in [2.05, 4.69) is 30.3 Å². The highest BCUT2D eigenvalue weighted by Crippen LogP contribution is 2.25. The first-order chi connectivity index (χ1) is 12.7. The number of carbonyl (C=O) groups excluding carboxylic acids is 1. The molecule has 1 aromatic heterocycles.